The molecule has 3 aromatic heterocycles. The van der Waals surface area contributed by atoms with E-state index >= 15 is 0 Å². The zero-order valence-electron chi connectivity index (χ0n) is 27.1. The molecule has 5 heteroatoms. The van der Waals surface area contributed by atoms with Crippen LogP contribution in [-0.4, -0.2) is 25.6 Å². The predicted molar refractivity (Wildman–Crippen MR) is 204 cm³/mol. The molecule has 236 valence electrons. The number of para-hydroxylation sites is 2. The van der Waals surface area contributed by atoms with E-state index < -0.39 is 0 Å². The van der Waals surface area contributed by atoms with Gasteiger partial charge in [0.25, 0.3) is 0 Å². The van der Waals surface area contributed by atoms with Gasteiger partial charge >= 0.3 is 0 Å². The van der Waals surface area contributed by atoms with Crippen molar-refractivity contribution in [2.45, 2.75) is 12.0 Å². The molecule has 5 nitrogen and oxygen atoms in total. The van der Waals surface area contributed by atoms with Crippen LogP contribution in [0, 0.1) is 0 Å². The molecule has 0 bridgehead atoms. The van der Waals surface area contributed by atoms with E-state index in [0.717, 1.165) is 39.6 Å². The molecule has 2 unspecified atom stereocenters. The summed E-state index contributed by atoms with van der Waals surface area (Å²) in [6, 6.07) is 51.0. The van der Waals surface area contributed by atoms with Crippen molar-refractivity contribution in [1.82, 2.24) is 19.5 Å². The lowest BCUT2D eigenvalue weighted by Gasteiger charge is -2.27. The van der Waals surface area contributed by atoms with Crippen LogP contribution in [0.4, 0.5) is 11.5 Å². The molecule has 0 spiro atoms. The molecular weight excluding hydrogens is 611 g/mol. The van der Waals surface area contributed by atoms with Crippen LogP contribution in [0.2, 0.25) is 0 Å². The standard InChI is InChI=1S/C45H31N5/c1-4-14-30(15-5-1)37-28-38(31-16-6-2-7-17-31)48-45(47-37)32-24-27-42(46-29-32)50-40-23-13-11-21-36(40)43-41(50)26-25-35-34-20-10-12-22-39(34)49(44(35)43)33-18-8-3-9-19-33/h1-29,36,40H. The lowest BCUT2D eigenvalue weighted by Crippen LogP contribution is -2.29. The second-order valence-electron chi connectivity index (χ2n) is 12.8. The highest BCUT2D eigenvalue weighted by atomic mass is 15.2. The predicted octanol–water partition coefficient (Wildman–Crippen LogP) is 10.7. The average molecular weight is 642 g/mol. The fourth-order valence-electron chi connectivity index (χ4n) is 7.75. The molecule has 0 amide bonds. The number of hydrogen-bond acceptors (Lipinski definition) is 4. The Bertz CT molecular complexity index is 2530. The summed E-state index contributed by atoms with van der Waals surface area (Å²) in [7, 11) is 0. The Morgan fingerprint density at radius 2 is 1.20 bits per heavy atom. The fraction of sp³-hybridized carbons (Fsp3) is 0.0444. The minimum absolute atomic E-state index is 0.100. The number of aromatic nitrogens is 4. The van der Waals surface area contributed by atoms with E-state index in [1.807, 2.05) is 42.6 Å². The highest BCUT2D eigenvalue weighted by Crippen LogP contribution is 2.52. The van der Waals surface area contributed by atoms with Gasteiger partial charge in [-0.25, -0.2) is 15.0 Å². The highest BCUT2D eigenvalue weighted by molar-refractivity contribution is 6.12. The van der Waals surface area contributed by atoms with Crippen LogP contribution < -0.4 is 4.90 Å². The molecule has 0 N–H and O–H groups in total. The third kappa shape index (κ3) is 4.51. The molecule has 1 aliphatic heterocycles. The van der Waals surface area contributed by atoms with Crippen LogP contribution >= 0.6 is 0 Å². The van der Waals surface area contributed by atoms with Crippen molar-refractivity contribution in [3.63, 3.8) is 0 Å². The molecule has 2 atom stereocenters. The first kappa shape index (κ1) is 28.4. The van der Waals surface area contributed by atoms with Crippen molar-refractivity contribution >= 4 is 33.3 Å². The molecule has 2 aliphatic rings. The number of benzene rings is 5. The summed E-state index contributed by atoms with van der Waals surface area (Å²) < 4.78 is 2.44. The molecular formula is C45H31N5. The smallest absolute Gasteiger partial charge is 0.161 e. The van der Waals surface area contributed by atoms with Crippen LogP contribution in [-0.2, 0) is 0 Å². The Kier molecular flexibility index (Phi) is 6.56. The van der Waals surface area contributed by atoms with Crippen LogP contribution in [0.5, 0.6) is 0 Å². The van der Waals surface area contributed by atoms with E-state index in [0.29, 0.717) is 5.82 Å². The fourth-order valence-corrected chi connectivity index (χ4v) is 7.75. The zero-order valence-corrected chi connectivity index (χ0v) is 27.1. The number of nitrogens with zero attached hydrogens (tertiary/aromatic N) is 5. The van der Waals surface area contributed by atoms with Gasteiger partial charge in [0, 0.05) is 56.5 Å². The lowest BCUT2D eigenvalue weighted by atomic mass is 9.90. The molecule has 0 radical (unpaired) electrons. The van der Waals surface area contributed by atoms with E-state index in [2.05, 4.69) is 143 Å². The van der Waals surface area contributed by atoms with E-state index in [9.17, 15) is 0 Å². The summed E-state index contributed by atoms with van der Waals surface area (Å²) in [5.74, 6) is 1.72. The molecule has 0 saturated carbocycles. The molecule has 8 aromatic rings. The SMILES string of the molecule is C1=CC2c3c(ccc4c5ccccc5n(-c5ccccc5)c34)N(c3ccc(-c4nc(-c5ccccc5)cc(-c5ccccc5)n4)cn3)C2C=C1. The average Bonchev–Trinajstić information content (AvgIpc) is 3.72. The van der Waals surface area contributed by atoms with Gasteiger partial charge in [0.2, 0.25) is 0 Å². The van der Waals surface area contributed by atoms with E-state index in [4.69, 9.17) is 15.0 Å². The Morgan fingerprint density at radius 3 is 1.90 bits per heavy atom. The first-order valence-corrected chi connectivity index (χ1v) is 17.0. The van der Waals surface area contributed by atoms with Gasteiger partial charge in [-0.2, -0.15) is 0 Å². The Balaban J connectivity index is 1.12. The quantitative estimate of drug-likeness (QED) is 0.188. The van der Waals surface area contributed by atoms with Gasteiger partial charge in [0.05, 0.1) is 28.5 Å². The van der Waals surface area contributed by atoms with Gasteiger partial charge in [-0.1, -0.05) is 127 Å². The third-order valence-electron chi connectivity index (χ3n) is 9.98. The van der Waals surface area contributed by atoms with Crippen molar-refractivity contribution < 1.29 is 0 Å². The summed E-state index contributed by atoms with van der Waals surface area (Å²) >= 11 is 0. The minimum atomic E-state index is 0.100. The Labute approximate surface area is 290 Å². The van der Waals surface area contributed by atoms with Gasteiger partial charge in [-0.05, 0) is 42.5 Å². The third-order valence-corrected chi connectivity index (χ3v) is 9.98. The maximum absolute atomic E-state index is 5.12. The molecule has 10 rings (SSSR count). The van der Waals surface area contributed by atoms with E-state index in [1.54, 1.807) is 0 Å². The summed E-state index contributed by atoms with van der Waals surface area (Å²) in [4.78, 5) is 17.6. The lowest BCUT2D eigenvalue weighted by molar-refractivity contribution is 0.739. The number of rotatable bonds is 5. The molecule has 0 fully saturated rings. The van der Waals surface area contributed by atoms with Crippen molar-refractivity contribution in [2.75, 3.05) is 4.90 Å². The van der Waals surface area contributed by atoms with Gasteiger partial charge in [-0.3, -0.25) is 0 Å². The number of fused-ring (bicyclic) bond motifs is 7. The second-order valence-corrected chi connectivity index (χ2v) is 12.8. The summed E-state index contributed by atoms with van der Waals surface area (Å²) in [6.07, 6.45) is 10.9. The van der Waals surface area contributed by atoms with Crippen LogP contribution in [0.25, 0.3) is 61.4 Å². The molecule has 50 heavy (non-hydrogen) atoms. The Morgan fingerprint density at radius 1 is 0.540 bits per heavy atom. The van der Waals surface area contributed by atoms with Crippen LogP contribution in [0.1, 0.15) is 11.5 Å². The molecule has 0 saturated heterocycles. The highest BCUT2D eigenvalue weighted by Gasteiger charge is 2.40. The van der Waals surface area contributed by atoms with Crippen molar-refractivity contribution in [1.29, 1.82) is 0 Å². The van der Waals surface area contributed by atoms with Crippen molar-refractivity contribution in [3.8, 4) is 39.6 Å². The minimum Gasteiger partial charge on any atom is -0.318 e. The van der Waals surface area contributed by atoms with Crippen LogP contribution in [0.15, 0.2) is 176 Å². The number of allylic oxidation sites excluding steroid dienone is 2. The normalized spacial score (nSPS) is 16.2. The molecule has 5 aromatic carbocycles. The second kappa shape index (κ2) is 11.5. The Hall–Kier alpha value is -6.59. The number of pyridine rings is 1. The van der Waals surface area contributed by atoms with E-state index in [1.165, 1.54) is 33.1 Å². The van der Waals surface area contributed by atoms with Crippen LogP contribution in [0.3, 0.4) is 0 Å². The number of hydrogen-bond donors (Lipinski definition) is 0. The summed E-state index contributed by atoms with van der Waals surface area (Å²) in [5.41, 5.74) is 10.9. The molecule has 1 aliphatic carbocycles. The largest absolute Gasteiger partial charge is 0.318 e. The summed E-state index contributed by atoms with van der Waals surface area (Å²) in [6.45, 7) is 0. The van der Waals surface area contributed by atoms with Crippen molar-refractivity contribution in [2.24, 2.45) is 0 Å². The first-order valence-electron chi connectivity index (χ1n) is 17.0. The van der Waals surface area contributed by atoms with E-state index in [-0.39, 0.29) is 12.0 Å². The number of anilines is 2. The topological polar surface area (TPSA) is 46.8 Å². The van der Waals surface area contributed by atoms with Crippen molar-refractivity contribution in [3.05, 3.63) is 182 Å². The van der Waals surface area contributed by atoms with Gasteiger partial charge < -0.3 is 9.47 Å². The van der Waals surface area contributed by atoms with Gasteiger partial charge in [0.1, 0.15) is 5.82 Å². The first-order chi connectivity index (χ1) is 24.8. The monoisotopic (exact) mass is 641 g/mol. The zero-order chi connectivity index (χ0) is 33.0. The molecule has 4 heterocycles. The maximum Gasteiger partial charge on any atom is 0.161 e. The van der Waals surface area contributed by atoms with Gasteiger partial charge in [0.15, 0.2) is 5.82 Å². The summed E-state index contributed by atoms with van der Waals surface area (Å²) in [5, 5.41) is 2.52. The van der Waals surface area contributed by atoms with Gasteiger partial charge in [-0.15, -0.1) is 0 Å². The maximum atomic E-state index is 5.12.